The zero-order valence-corrected chi connectivity index (χ0v) is 15.6. The van der Waals surface area contributed by atoms with Gasteiger partial charge in [-0.15, -0.1) is 0 Å². The summed E-state index contributed by atoms with van der Waals surface area (Å²) in [6, 6.07) is 0. The Morgan fingerprint density at radius 1 is 1.36 bits per heavy atom. The van der Waals surface area contributed by atoms with Crippen LogP contribution in [0.4, 0.5) is 0 Å². The molecule has 0 aromatic carbocycles. The van der Waals surface area contributed by atoms with Crippen molar-refractivity contribution in [1.29, 1.82) is 0 Å². The minimum atomic E-state index is -0.152. The molecule has 2 saturated heterocycles. The monoisotopic (exact) mass is 346 g/mol. The fraction of sp³-hybridized carbons (Fsp3) is 0.737. The maximum atomic E-state index is 12.8. The predicted molar refractivity (Wildman–Crippen MR) is 96.0 cm³/mol. The zero-order chi connectivity index (χ0) is 18.0. The number of aromatic amines is 1. The number of carbonyl (C=O) groups is 2. The minimum Gasteiger partial charge on any atom is -0.342 e. The third kappa shape index (κ3) is 3.88. The average Bonchev–Trinajstić information content (AvgIpc) is 3.21. The fourth-order valence-corrected chi connectivity index (χ4v) is 4.16. The van der Waals surface area contributed by atoms with Gasteiger partial charge in [0.05, 0.1) is 12.1 Å². The third-order valence-electron chi connectivity index (χ3n) is 5.50. The van der Waals surface area contributed by atoms with Crippen LogP contribution in [-0.4, -0.2) is 58.0 Å². The van der Waals surface area contributed by atoms with E-state index in [4.69, 9.17) is 0 Å². The summed E-state index contributed by atoms with van der Waals surface area (Å²) >= 11 is 0. The van der Waals surface area contributed by atoms with E-state index in [1.54, 1.807) is 0 Å². The minimum absolute atomic E-state index is 0.131. The summed E-state index contributed by atoms with van der Waals surface area (Å²) in [6.07, 6.45) is 5.22. The van der Waals surface area contributed by atoms with Gasteiger partial charge in [0.25, 0.3) is 0 Å². The number of carbonyl (C=O) groups excluding carboxylic acids is 2. The average molecular weight is 346 g/mol. The molecule has 2 aliphatic heterocycles. The van der Waals surface area contributed by atoms with Crippen molar-refractivity contribution >= 4 is 11.8 Å². The molecule has 1 aromatic rings. The Morgan fingerprint density at radius 2 is 2.08 bits per heavy atom. The molecule has 1 N–H and O–H groups in total. The molecular weight excluding hydrogens is 316 g/mol. The van der Waals surface area contributed by atoms with Gasteiger partial charge in [0.15, 0.2) is 0 Å². The molecule has 138 valence electrons. The summed E-state index contributed by atoms with van der Waals surface area (Å²) in [7, 11) is 0. The Hall–Kier alpha value is -1.85. The number of hydrogen-bond acceptors (Lipinski definition) is 3. The van der Waals surface area contributed by atoms with Crippen molar-refractivity contribution in [2.24, 2.45) is 11.8 Å². The molecule has 1 aromatic heterocycles. The van der Waals surface area contributed by atoms with Crippen LogP contribution in [-0.2, 0) is 16.0 Å². The van der Waals surface area contributed by atoms with Gasteiger partial charge in [-0.2, -0.15) is 5.10 Å². The van der Waals surface area contributed by atoms with E-state index in [2.05, 4.69) is 31.0 Å². The molecule has 0 radical (unpaired) electrons. The van der Waals surface area contributed by atoms with Gasteiger partial charge in [-0.05, 0) is 30.7 Å². The topological polar surface area (TPSA) is 69.3 Å². The van der Waals surface area contributed by atoms with Crippen molar-refractivity contribution in [3.63, 3.8) is 0 Å². The van der Waals surface area contributed by atoms with Crippen molar-refractivity contribution in [3.05, 3.63) is 17.5 Å². The van der Waals surface area contributed by atoms with Crippen LogP contribution in [0.5, 0.6) is 0 Å². The van der Waals surface area contributed by atoms with Crippen molar-refractivity contribution in [2.75, 3.05) is 26.2 Å². The number of nitrogens with zero attached hydrogens (tertiary/aromatic N) is 3. The summed E-state index contributed by atoms with van der Waals surface area (Å²) in [4.78, 5) is 28.8. The van der Waals surface area contributed by atoms with Gasteiger partial charge in [0.2, 0.25) is 11.8 Å². The Kier molecular flexibility index (Phi) is 5.45. The number of likely N-dealkylation sites (tertiary alicyclic amines) is 2. The highest BCUT2D eigenvalue weighted by Crippen LogP contribution is 2.30. The van der Waals surface area contributed by atoms with Crippen LogP contribution in [0.2, 0.25) is 0 Å². The van der Waals surface area contributed by atoms with Crippen molar-refractivity contribution in [1.82, 2.24) is 20.0 Å². The maximum Gasteiger partial charge on any atom is 0.227 e. The largest absolute Gasteiger partial charge is 0.342 e. The van der Waals surface area contributed by atoms with Crippen LogP contribution in [0.1, 0.15) is 57.2 Å². The first-order valence-electron chi connectivity index (χ1n) is 9.58. The number of amides is 2. The molecule has 3 heterocycles. The lowest BCUT2D eigenvalue weighted by molar-refractivity contribution is -0.136. The third-order valence-corrected chi connectivity index (χ3v) is 5.50. The van der Waals surface area contributed by atoms with E-state index in [0.717, 1.165) is 38.9 Å². The molecule has 6 nitrogen and oxygen atoms in total. The van der Waals surface area contributed by atoms with Gasteiger partial charge in [0, 0.05) is 44.2 Å². The van der Waals surface area contributed by atoms with Gasteiger partial charge in [0.1, 0.15) is 0 Å². The van der Waals surface area contributed by atoms with E-state index in [1.165, 1.54) is 11.3 Å². The lowest BCUT2D eigenvalue weighted by atomic mass is 9.90. The summed E-state index contributed by atoms with van der Waals surface area (Å²) in [5, 5.41) is 7.33. The van der Waals surface area contributed by atoms with Crippen molar-refractivity contribution in [3.8, 4) is 0 Å². The van der Waals surface area contributed by atoms with Crippen LogP contribution in [0.3, 0.4) is 0 Å². The van der Waals surface area contributed by atoms with Crippen LogP contribution < -0.4 is 0 Å². The van der Waals surface area contributed by atoms with Gasteiger partial charge >= 0.3 is 0 Å². The quantitative estimate of drug-likeness (QED) is 0.888. The molecule has 6 heteroatoms. The Labute approximate surface area is 149 Å². The summed E-state index contributed by atoms with van der Waals surface area (Å²) in [5.41, 5.74) is 2.53. The van der Waals surface area contributed by atoms with Gasteiger partial charge < -0.3 is 9.80 Å². The standard InChI is InChI=1S/C19H30N4O2/c1-4-14-10-20-21-18(14)15-5-7-22(8-6-15)19(25)16-9-17(24)23(12-16)11-13(2)3/h10,13,15-16H,4-9,11-12H2,1-3H3,(H,20,21). The number of H-pyrrole nitrogens is 1. The normalized spacial score (nSPS) is 22.2. The number of aryl methyl sites for hydroxylation is 1. The molecule has 0 saturated carbocycles. The van der Waals surface area contributed by atoms with Crippen LogP contribution in [0, 0.1) is 11.8 Å². The number of nitrogens with one attached hydrogen (secondary N) is 1. The highest BCUT2D eigenvalue weighted by atomic mass is 16.2. The second-order valence-electron chi connectivity index (χ2n) is 7.86. The van der Waals surface area contributed by atoms with Crippen LogP contribution >= 0.6 is 0 Å². The molecule has 1 atom stereocenters. The van der Waals surface area contributed by atoms with Crippen molar-refractivity contribution in [2.45, 2.75) is 52.4 Å². The first-order chi connectivity index (χ1) is 12.0. The molecule has 0 aliphatic carbocycles. The second-order valence-corrected chi connectivity index (χ2v) is 7.86. The Balaban J connectivity index is 1.54. The molecule has 2 fully saturated rings. The first-order valence-corrected chi connectivity index (χ1v) is 9.58. The number of piperidine rings is 1. The molecule has 0 bridgehead atoms. The number of rotatable bonds is 5. The summed E-state index contributed by atoms with van der Waals surface area (Å²) in [6.45, 7) is 9.26. The lowest BCUT2D eigenvalue weighted by Crippen LogP contribution is -2.42. The smallest absolute Gasteiger partial charge is 0.227 e. The van der Waals surface area contributed by atoms with Crippen molar-refractivity contribution < 1.29 is 9.59 Å². The zero-order valence-electron chi connectivity index (χ0n) is 15.6. The van der Waals surface area contributed by atoms with Crippen LogP contribution in [0.15, 0.2) is 6.20 Å². The highest BCUT2D eigenvalue weighted by molar-refractivity contribution is 5.89. The highest BCUT2D eigenvalue weighted by Gasteiger charge is 2.37. The molecule has 0 spiro atoms. The molecule has 2 amide bonds. The van der Waals surface area contributed by atoms with E-state index in [1.807, 2.05) is 16.0 Å². The molecule has 3 rings (SSSR count). The van der Waals surface area contributed by atoms with E-state index in [-0.39, 0.29) is 17.7 Å². The molecule has 2 aliphatic rings. The lowest BCUT2D eigenvalue weighted by Gasteiger charge is -2.33. The van der Waals surface area contributed by atoms with Gasteiger partial charge in [-0.1, -0.05) is 20.8 Å². The predicted octanol–water partition coefficient (Wildman–Crippen LogP) is 2.18. The Bertz CT molecular complexity index is 617. The van der Waals surface area contributed by atoms with E-state index in [0.29, 0.717) is 24.8 Å². The van der Waals surface area contributed by atoms with E-state index >= 15 is 0 Å². The second kappa shape index (κ2) is 7.58. The molecule has 1 unspecified atom stereocenters. The van der Waals surface area contributed by atoms with E-state index in [9.17, 15) is 9.59 Å². The number of hydrogen-bond donors (Lipinski definition) is 1. The fourth-order valence-electron chi connectivity index (χ4n) is 4.16. The summed E-state index contributed by atoms with van der Waals surface area (Å²) < 4.78 is 0. The first kappa shape index (κ1) is 18.0. The van der Waals surface area contributed by atoms with E-state index < -0.39 is 0 Å². The van der Waals surface area contributed by atoms with Gasteiger partial charge in [-0.3, -0.25) is 14.7 Å². The molecule has 25 heavy (non-hydrogen) atoms. The SMILES string of the molecule is CCc1cn[nH]c1C1CCN(C(=O)C2CC(=O)N(CC(C)C)C2)CC1. The number of aromatic nitrogens is 2. The van der Waals surface area contributed by atoms with Gasteiger partial charge in [-0.25, -0.2) is 0 Å². The summed E-state index contributed by atoms with van der Waals surface area (Å²) in [5.74, 6) is 1.05. The van der Waals surface area contributed by atoms with Crippen LogP contribution in [0.25, 0.3) is 0 Å². The Morgan fingerprint density at radius 3 is 2.72 bits per heavy atom. The molecular formula is C19H30N4O2. The maximum absolute atomic E-state index is 12.8.